The van der Waals surface area contributed by atoms with Crippen LogP contribution in [0.1, 0.15) is 25.0 Å². The lowest BCUT2D eigenvalue weighted by molar-refractivity contribution is -0.142. The van der Waals surface area contributed by atoms with Gasteiger partial charge in [-0.1, -0.05) is 29.8 Å². The predicted octanol–water partition coefficient (Wildman–Crippen LogP) is 4.79. The van der Waals surface area contributed by atoms with E-state index in [9.17, 15) is 10.1 Å². The zero-order chi connectivity index (χ0) is 19.8. The highest BCUT2D eigenvalue weighted by atomic mass is 35.5. The summed E-state index contributed by atoms with van der Waals surface area (Å²) in [5.41, 5.74) is 1.51. The molecule has 27 heavy (non-hydrogen) atoms. The van der Waals surface area contributed by atoms with Crippen molar-refractivity contribution >= 4 is 23.6 Å². The molecule has 2 aromatic rings. The minimum atomic E-state index is -0.658. The normalized spacial score (nSPS) is 11.0. The second-order valence-electron chi connectivity index (χ2n) is 5.95. The summed E-state index contributed by atoms with van der Waals surface area (Å²) < 4.78 is 16.2. The first-order valence-corrected chi connectivity index (χ1v) is 8.68. The number of methoxy groups -OCH3 is 1. The maximum absolute atomic E-state index is 11.9. The van der Waals surface area contributed by atoms with Crippen LogP contribution in [0.3, 0.4) is 0 Å². The molecule has 2 rings (SSSR count). The van der Waals surface area contributed by atoms with Gasteiger partial charge in [0.25, 0.3) is 0 Å². The fourth-order valence-electron chi connectivity index (χ4n) is 2.22. The van der Waals surface area contributed by atoms with Crippen molar-refractivity contribution in [3.05, 3.63) is 64.2 Å². The number of carbonyl (C=O) groups is 1. The summed E-state index contributed by atoms with van der Waals surface area (Å²) in [6, 6.07) is 14.4. The standard InChI is InChI=1S/C21H20ClNO4/c1-14(2)27-21(24)17(12-23)10-16-6-9-19(20(11-16)25-3)26-13-15-4-7-18(22)8-5-15/h4-11,14H,13H2,1-3H3/b17-10+. The number of rotatable bonds is 7. The summed E-state index contributed by atoms with van der Waals surface area (Å²) >= 11 is 5.88. The fraction of sp³-hybridized carbons (Fsp3) is 0.238. The Balaban J connectivity index is 2.17. The van der Waals surface area contributed by atoms with E-state index in [-0.39, 0.29) is 11.7 Å². The smallest absolute Gasteiger partial charge is 0.349 e. The summed E-state index contributed by atoms with van der Waals surface area (Å²) in [5, 5.41) is 9.86. The molecule has 0 fully saturated rings. The topological polar surface area (TPSA) is 68.5 Å². The number of benzene rings is 2. The van der Waals surface area contributed by atoms with Crippen LogP contribution in [0.25, 0.3) is 6.08 Å². The van der Waals surface area contributed by atoms with Crippen molar-refractivity contribution in [3.63, 3.8) is 0 Å². The second kappa shape index (κ2) is 9.65. The molecule has 6 heteroatoms. The van der Waals surface area contributed by atoms with Crippen LogP contribution in [0.15, 0.2) is 48.0 Å². The van der Waals surface area contributed by atoms with Gasteiger partial charge < -0.3 is 14.2 Å². The molecule has 0 atom stereocenters. The number of ether oxygens (including phenoxy) is 3. The highest BCUT2D eigenvalue weighted by molar-refractivity contribution is 6.30. The molecule has 0 aliphatic carbocycles. The molecule has 0 amide bonds. The number of hydrogen-bond donors (Lipinski definition) is 0. The SMILES string of the molecule is COc1cc(/C=C(\C#N)C(=O)OC(C)C)ccc1OCc1ccc(Cl)cc1. The van der Waals surface area contributed by atoms with Crippen LogP contribution in [0.5, 0.6) is 11.5 Å². The van der Waals surface area contributed by atoms with E-state index in [0.717, 1.165) is 5.56 Å². The van der Waals surface area contributed by atoms with E-state index in [1.807, 2.05) is 18.2 Å². The van der Waals surface area contributed by atoms with Crippen molar-refractivity contribution in [3.8, 4) is 17.6 Å². The summed E-state index contributed by atoms with van der Waals surface area (Å²) in [5.74, 6) is 0.384. The molecule has 0 bridgehead atoms. The summed E-state index contributed by atoms with van der Waals surface area (Å²) in [6.45, 7) is 3.80. The van der Waals surface area contributed by atoms with Crippen molar-refractivity contribution in [1.82, 2.24) is 0 Å². The third-order valence-electron chi connectivity index (χ3n) is 3.49. The Kier molecular flexibility index (Phi) is 7.27. The van der Waals surface area contributed by atoms with Gasteiger partial charge in [0, 0.05) is 5.02 Å². The molecule has 0 heterocycles. The summed E-state index contributed by atoms with van der Waals surface area (Å²) in [4.78, 5) is 11.9. The van der Waals surface area contributed by atoms with E-state index < -0.39 is 5.97 Å². The molecule has 0 spiro atoms. The Labute approximate surface area is 163 Å². The van der Waals surface area contributed by atoms with Crippen molar-refractivity contribution in [2.45, 2.75) is 26.6 Å². The minimum absolute atomic E-state index is 0.0828. The highest BCUT2D eigenvalue weighted by Crippen LogP contribution is 2.30. The molecule has 0 radical (unpaired) electrons. The molecule has 0 aliphatic heterocycles. The number of nitrogens with zero attached hydrogens (tertiary/aromatic N) is 1. The molecule has 2 aromatic carbocycles. The van der Waals surface area contributed by atoms with Gasteiger partial charge in [0.2, 0.25) is 0 Å². The van der Waals surface area contributed by atoms with E-state index in [1.54, 1.807) is 44.2 Å². The zero-order valence-electron chi connectivity index (χ0n) is 15.4. The van der Waals surface area contributed by atoms with E-state index in [4.69, 9.17) is 25.8 Å². The average molecular weight is 386 g/mol. The van der Waals surface area contributed by atoms with Crippen LogP contribution in [0, 0.1) is 11.3 Å². The second-order valence-corrected chi connectivity index (χ2v) is 6.39. The van der Waals surface area contributed by atoms with E-state index in [1.165, 1.54) is 13.2 Å². The largest absolute Gasteiger partial charge is 0.493 e. The first-order valence-electron chi connectivity index (χ1n) is 8.31. The number of carbonyl (C=O) groups excluding carboxylic acids is 1. The van der Waals surface area contributed by atoms with Crippen LogP contribution in [0.2, 0.25) is 5.02 Å². The van der Waals surface area contributed by atoms with Crippen molar-refractivity contribution in [2.75, 3.05) is 7.11 Å². The number of halogens is 1. The first kappa shape index (κ1) is 20.3. The van der Waals surface area contributed by atoms with Crippen LogP contribution in [0.4, 0.5) is 0 Å². The van der Waals surface area contributed by atoms with Gasteiger partial charge in [-0.05, 0) is 55.3 Å². The number of nitriles is 1. The molecule has 0 N–H and O–H groups in total. The lowest BCUT2D eigenvalue weighted by Crippen LogP contribution is -2.12. The third kappa shape index (κ3) is 6.05. The van der Waals surface area contributed by atoms with E-state index in [2.05, 4.69) is 0 Å². The van der Waals surface area contributed by atoms with Gasteiger partial charge in [-0.15, -0.1) is 0 Å². The van der Waals surface area contributed by atoms with E-state index in [0.29, 0.717) is 28.7 Å². The zero-order valence-corrected chi connectivity index (χ0v) is 16.1. The van der Waals surface area contributed by atoms with Crippen LogP contribution < -0.4 is 9.47 Å². The molecule has 0 aliphatic rings. The Bertz CT molecular complexity index is 867. The Morgan fingerprint density at radius 2 is 1.89 bits per heavy atom. The molecule has 0 unspecified atom stereocenters. The lowest BCUT2D eigenvalue weighted by atomic mass is 10.1. The molecule has 0 saturated heterocycles. The van der Waals surface area contributed by atoms with Crippen molar-refractivity contribution in [2.24, 2.45) is 0 Å². The monoisotopic (exact) mass is 385 g/mol. The van der Waals surface area contributed by atoms with Gasteiger partial charge in [0.05, 0.1) is 13.2 Å². The van der Waals surface area contributed by atoms with Crippen molar-refractivity contribution in [1.29, 1.82) is 5.26 Å². The first-order chi connectivity index (χ1) is 12.9. The molecule has 140 valence electrons. The maximum Gasteiger partial charge on any atom is 0.349 e. The van der Waals surface area contributed by atoms with Crippen LogP contribution >= 0.6 is 11.6 Å². The van der Waals surface area contributed by atoms with Crippen LogP contribution in [-0.2, 0) is 16.1 Å². The quantitative estimate of drug-likeness (QED) is 0.389. The lowest BCUT2D eigenvalue weighted by Gasteiger charge is -2.12. The van der Waals surface area contributed by atoms with Gasteiger partial charge in [-0.2, -0.15) is 5.26 Å². The minimum Gasteiger partial charge on any atom is -0.493 e. The fourth-order valence-corrected chi connectivity index (χ4v) is 2.34. The van der Waals surface area contributed by atoms with E-state index >= 15 is 0 Å². The molecule has 5 nitrogen and oxygen atoms in total. The van der Waals surface area contributed by atoms with Crippen LogP contribution in [-0.4, -0.2) is 19.2 Å². The molecular weight excluding hydrogens is 366 g/mol. The molecular formula is C21H20ClNO4. The number of esters is 1. The number of hydrogen-bond acceptors (Lipinski definition) is 5. The molecule has 0 saturated carbocycles. The highest BCUT2D eigenvalue weighted by Gasteiger charge is 2.13. The Morgan fingerprint density at radius 1 is 1.19 bits per heavy atom. The predicted molar refractivity (Wildman–Crippen MR) is 104 cm³/mol. The van der Waals surface area contributed by atoms with Gasteiger partial charge in [0.15, 0.2) is 11.5 Å². The third-order valence-corrected chi connectivity index (χ3v) is 3.74. The summed E-state index contributed by atoms with van der Waals surface area (Å²) in [6.07, 6.45) is 1.16. The molecule has 0 aromatic heterocycles. The van der Waals surface area contributed by atoms with Crippen molar-refractivity contribution < 1.29 is 19.0 Å². The van der Waals surface area contributed by atoms with Gasteiger partial charge in [-0.25, -0.2) is 4.79 Å². The Hall–Kier alpha value is -2.97. The average Bonchev–Trinajstić information content (AvgIpc) is 2.65. The van der Waals surface area contributed by atoms with Gasteiger partial charge >= 0.3 is 5.97 Å². The van der Waals surface area contributed by atoms with Gasteiger partial charge in [0.1, 0.15) is 18.2 Å². The Morgan fingerprint density at radius 3 is 2.48 bits per heavy atom. The van der Waals surface area contributed by atoms with Gasteiger partial charge in [-0.3, -0.25) is 0 Å². The summed E-state index contributed by atoms with van der Waals surface area (Å²) in [7, 11) is 1.52. The maximum atomic E-state index is 11.9.